The lowest BCUT2D eigenvalue weighted by atomic mass is 10.1. The lowest BCUT2D eigenvalue weighted by Crippen LogP contribution is -2.51. The molecule has 1 aromatic heterocycles. The largest absolute Gasteiger partial charge is 0.467 e. The molecule has 0 aliphatic carbocycles. The van der Waals surface area contributed by atoms with Crippen LogP contribution in [0.5, 0.6) is 0 Å². The number of carbonyl (C=O) groups excluding carboxylic acids is 2. The average Bonchev–Trinajstić information content (AvgIpc) is 3.39. The molecule has 1 aromatic carbocycles. The number of esters is 1. The van der Waals surface area contributed by atoms with Crippen LogP contribution in [0.4, 0.5) is 0 Å². The Kier molecular flexibility index (Phi) is 6.48. The second kappa shape index (κ2) is 8.85. The van der Waals surface area contributed by atoms with E-state index in [1.54, 1.807) is 11.4 Å². The Morgan fingerprint density at radius 3 is 2.64 bits per heavy atom. The normalized spacial score (nSPS) is 18.5. The van der Waals surface area contributed by atoms with Gasteiger partial charge in [0.15, 0.2) is 0 Å². The number of methoxy groups -OCH3 is 1. The highest BCUT2D eigenvalue weighted by Gasteiger charge is 2.41. The van der Waals surface area contributed by atoms with Crippen molar-refractivity contribution in [1.29, 1.82) is 0 Å². The van der Waals surface area contributed by atoms with Gasteiger partial charge in [0.05, 0.1) is 7.11 Å². The lowest BCUT2D eigenvalue weighted by Gasteiger charge is -2.25. The molecular formula is C19H22N2O5S2. The molecule has 2 aromatic rings. The smallest absolute Gasteiger partial charge is 0.328 e. The Morgan fingerprint density at radius 1 is 1.25 bits per heavy atom. The summed E-state index contributed by atoms with van der Waals surface area (Å²) in [4.78, 5) is 25.0. The van der Waals surface area contributed by atoms with E-state index in [0.29, 0.717) is 12.8 Å². The number of amides is 1. The van der Waals surface area contributed by atoms with Crippen molar-refractivity contribution in [2.45, 2.75) is 35.6 Å². The third-order valence-electron chi connectivity index (χ3n) is 4.65. The quantitative estimate of drug-likeness (QED) is 0.687. The van der Waals surface area contributed by atoms with Crippen LogP contribution in [0.1, 0.15) is 18.4 Å². The molecule has 2 atom stereocenters. The minimum absolute atomic E-state index is 0.209. The van der Waals surface area contributed by atoms with Gasteiger partial charge >= 0.3 is 5.97 Å². The fraction of sp³-hybridized carbons (Fsp3) is 0.368. The van der Waals surface area contributed by atoms with Crippen LogP contribution in [0.25, 0.3) is 0 Å². The van der Waals surface area contributed by atoms with Gasteiger partial charge < -0.3 is 10.1 Å². The summed E-state index contributed by atoms with van der Waals surface area (Å²) in [5.41, 5.74) is 0.868. The zero-order chi connectivity index (χ0) is 20.1. The van der Waals surface area contributed by atoms with Crippen LogP contribution in [0, 0.1) is 0 Å². The van der Waals surface area contributed by atoms with Crippen molar-refractivity contribution in [3.63, 3.8) is 0 Å². The molecule has 2 heterocycles. The highest BCUT2D eigenvalue weighted by Crippen LogP contribution is 2.28. The molecule has 7 nitrogen and oxygen atoms in total. The molecule has 0 spiro atoms. The molecule has 150 valence electrons. The van der Waals surface area contributed by atoms with Gasteiger partial charge in [-0.2, -0.15) is 4.31 Å². The maximum absolute atomic E-state index is 12.9. The Labute approximate surface area is 168 Å². The number of hydrogen-bond acceptors (Lipinski definition) is 6. The van der Waals surface area contributed by atoms with Crippen molar-refractivity contribution in [2.75, 3.05) is 13.7 Å². The van der Waals surface area contributed by atoms with Crippen LogP contribution in [0.15, 0.2) is 52.1 Å². The Morgan fingerprint density at radius 2 is 2.00 bits per heavy atom. The van der Waals surface area contributed by atoms with E-state index in [9.17, 15) is 18.0 Å². The van der Waals surface area contributed by atoms with Gasteiger partial charge in [-0.05, 0) is 29.9 Å². The van der Waals surface area contributed by atoms with Crippen molar-refractivity contribution >= 4 is 33.2 Å². The highest BCUT2D eigenvalue weighted by molar-refractivity contribution is 7.91. The Balaban J connectivity index is 1.76. The third kappa shape index (κ3) is 4.43. The first-order valence-electron chi connectivity index (χ1n) is 8.91. The number of nitrogens with one attached hydrogen (secondary N) is 1. The highest BCUT2D eigenvalue weighted by atomic mass is 32.2. The van der Waals surface area contributed by atoms with Crippen LogP contribution in [-0.4, -0.2) is 50.3 Å². The Bertz CT molecular complexity index is 913. The van der Waals surface area contributed by atoms with E-state index in [1.807, 2.05) is 30.3 Å². The van der Waals surface area contributed by atoms with Crippen LogP contribution >= 0.6 is 11.3 Å². The minimum atomic E-state index is -3.74. The summed E-state index contributed by atoms with van der Waals surface area (Å²) in [6.07, 6.45) is 1.27. The van der Waals surface area contributed by atoms with Crippen LogP contribution in [0.3, 0.4) is 0 Å². The fourth-order valence-electron chi connectivity index (χ4n) is 3.27. The average molecular weight is 423 g/mol. The zero-order valence-electron chi connectivity index (χ0n) is 15.4. The maximum atomic E-state index is 12.9. The van der Waals surface area contributed by atoms with Crippen molar-refractivity contribution in [1.82, 2.24) is 9.62 Å². The van der Waals surface area contributed by atoms with Gasteiger partial charge in [0.2, 0.25) is 5.91 Å². The molecular weight excluding hydrogens is 400 g/mol. The molecule has 1 fully saturated rings. The first-order valence-corrected chi connectivity index (χ1v) is 11.2. The molecule has 3 rings (SSSR count). The first kappa shape index (κ1) is 20.5. The number of rotatable bonds is 7. The molecule has 1 N–H and O–H groups in total. The van der Waals surface area contributed by atoms with Crippen molar-refractivity contribution in [3.05, 3.63) is 53.4 Å². The summed E-state index contributed by atoms with van der Waals surface area (Å²) in [6.45, 7) is 0.278. The second-order valence-corrected chi connectivity index (χ2v) is 9.55. The molecule has 1 aliphatic heterocycles. The fourth-order valence-corrected chi connectivity index (χ4v) is 6.04. The molecule has 1 amide bonds. The third-order valence-corrected chi connectivity index (χ3v) is 7.93. The van der Waals surface area contributed by atoms with Crippen molar-refractivity contribution < 1.29 is 22.7 Å². The van der Waals surface area contributed by atoms with E-state index in [4.69, 9.17) is 4.74 Å². The number of benzene rings is 1. The number of hydrogen-bond donors (Lipinski definition) is 1. The van der Waals surface area contributed by atoms with E-state index in [0.717, 1.165) is 16.9 Å². The van der Waals surface area contributed by atoms with Gasteiger partial charge in [0.25, 0.3) is 10.0 Å². The number of nitrogens with zero attached hydrogens (tertiary/aromatic N) is 1. The first-order chi connectivity index (χ1) is 13.4. The number of thiophene rings is 1. The van der Waals surface area contributed by atoms with E-state index < -0.39 is 34.0 Å². The van der Waals surface area contributed by atoms with Gasteiger partial charge in [-0.1, -0.05) is 36.4 Å². The molecule has 0 unspecified atom stereocenters. The number of sulfonamides is 1. The monoisotopic (exact) mass is 422 g/mol. The minimum Gasteiger partial charge on any atom is -0.467 e. The van der Waals surface area contributed by atoms with Crippen LogP contribution < -0.4 is 5.32 Å². The van der Waals surface area contributed by atoms with Crippen molar-refractivity contribution in [2.24, 2.45) is 0 Å². The van der Waals surface area contributed by atoms with Gasteiger partial charge in [0, 0.05) is 13.0 Å². The lowest BCUT2D eigenvalue weighted by molar-refractivity contribution is -0.145. The van der Waals surface area contributed by atoms with Crippen LogP contribution in [-0.2, 0) is 30.8 Å². The molecule has 0 radical (unpaired) electrons. The van der Waals surface area contributed by atoms with E-state index in [1.165, 1.54) is 17.5 Å². The molecule has 0 saturated carbocycles. The van der Waals surface area contributed by atoms with E-state index in [2.05, 4.69) is 5.32 Å². The SMILES string of the molecule is COC(=O)[C@H](Cc1ccccc1)NC(=O)[C@@H]1CCCN1S(=O)(=O)c1cccs1. The molecule has 1 aliphatic rings. The summed E-state index contributed by atoms with van der Waals surface area (Å²) in [5, 5.41) is 4.38. The van der Waals surface area contributed by atoms with Gasteiger partial charge in [-0.15, -0.1) is 11.3 Å². The van der Waals surface area contributed by atoms with Gasteiger partial charge in [-0.3, -0.25) is 4.79 Å². The predicted octanol–water partition coefficient (Wildman–Crippen LogP) is 1.80. The standard InChI is InChI=1S/C19H22N2O5S2/c1-26-19(23)15(13-14-7-3-2-4-8-14)20-18(22)16-9-5-11-21(16)28(24,25)17-10-6-12-27-17/h2-4,6-8,10,12,15-16H,5,9,11,13H2,1H3,(H,20,22)/t15-,16-/m0/s1. The topological polar surface area (TPSA) is 92.8 Å². The van der Waals surface area contributed by atoms with E-state index in [-0.39, 0.29) is 17.2 Å². The summed E-state index contributed by atoms with van der Waals surface area (Å²) >= 11 is 1.12. The van der Waals surface area contributed by atoms with E-state index >= 15 is 0 Å². The second-order valence-electron chi connectivity index (χ2n) is 6.48. The number of carbonyl (C=O) groups is 2. The maximum Gasteiger partial charge on any atom is 0.328 e. The van der Waals surface area contributed by atoms with Crippen LogP contribution in [0.2, 0.25) is 0 Å². The van der Waals surface area contributed by atoms with Gasteiger partial charge in [-0.25, -0.2) is 13.2 Å². The summed E-state index contributed by atoms with van der Waals surface area (Å²) in [5.74, 6) is -1.05. The number of ether oxygens (including phenoxy) is 1. The molecule has 9 heteroatoms. The molecule has 28 heavy (non-hydrogen) atoms. The van der Waals surface area contributed by atoms with Crippen molar-refractivity contribution in [3.8, 4) is 0 Å². The summed E-state index contributed by atoms with van der Waals surface area (Å²) in [6, 6.07) is 10.7. The molecule has 1 saturated heterocycles. The van der Waals surface area contributed by atoms with Gasteiger partial charge in [0.1, 0.15) is 16.3 Å². The zero-order valence-corrected chi connectivity index (χ0v) is 17.0. The Hall–Kier alpha value is -2.23. The predicted molar refractivity (Wildman–Crippen MR) is 105 cm³/mol. The summed E-state index contributed by atoms with van der Waals surface area (Å²) < 4.78 is 31.9. The summed E-state index contributed by atoms with van der Waals surface area (Å²) in [7, 11) is -2.48. The molecule has 0 bridgehead atoms.